The summed E-state index contributed by atoms with van der Waals surface area (Å²) >= 11 is 0. The predicted octanol–water partition coefficient (Wildman–Crippen LogP) is 2.66. The number of carbonyl (C=O) groups is 2. The lowest BCUT2D eigenvalue weighted by Gasteiger charge is -2.30. The normalized spacial score (nSPS) is 14.1. The summed E-state index contributed by atoms with van der Waals surface area (Å²) in [6.45, 7) is 1.44. The lowest BCUT2D eigenvalue weighted by atomic mass is 9.95. The standard InChI is InChI=1S/C24H25FN6O3/c25-17-5-7-18(8-6-17)31-22(27)19(15-26)20(29-31)3-1-11-28-23(32)16-9-12-30(13-10-16)24(33)21-4-2-14-34-21/h2,4-8,14,16H,1,3,9-13,27H2,(H,28,32). The third-order valence-electron chi connectivity index (χ3n) is 5.95. The molecule has 4 rings (SSSR count). The van der Waals surface area contributed by atoms with Gasteiger partial charge in [0.05, 0.1) is 17.6 Å². The number of nitrogens with one attached hydrogen (secondary N) is 1. The molecule has 0 radical (unpaired) electrons. The van der Waals surface area contributed by atoms with Gasteiger partial charge in [0.15, 0.2) is 5.76 Å². The number of rotatable bonds is 7. The summed E-state index contributed by atoms with van der Waals surface area (Å²) in [7, 11) is 0. The summed E-state index contributed by atoms with van der Waals surface area (Å²) in [6, 6.07) is 11.1. The van der Waals surface area contributed by atoms with E-state index in [1.807, 2.05) is 0 Å². The van der Waals surface area contributed by atoms with Gasteiger partial charge in [-0.3, -0.25) is 9.59 Å². The first-order valence-electron chi connectivity index (χ1n) is 11.1. The molecule has 3 N–H and O–H groups in total. The Balaban J connectivity index is 1.26. The van der Waals surface area contributed by atoms with E-state index in [1.54, 1.807) is 17.0 Å². The minimum absolute atomic E-state index is 0.0399. The molecule has 1 aromatic carbocycles. The molecule has 1 aliphatic heterocycles. The molecular formula is C24H25FN6O3. The molecule has 10 heteroatoms. The summed E-state index contributed by atoms with van der Waals surface area (Å²) in [5, 5.41) is 16.9. The first-order chi connectivity index (χ1) is 16.5. The van der Waals surface area contributed by atoms with Crippen LogP contribution in [0, 0.1) is 23.1 Å². The number of likely N-dealkylation sites (tertiary alicyclic amines) is 1. The second-order valence-corrected chi connectivity index (χ2v) is 8.15. The Morgan fingerprint density at radius 2 is 1.97 bits per heavy atom. The highest BCUT2D eigenvalue weighted by atomic mass is 19.1. The Morgan fingerprint density at radius 3 is 2.62 bits per heavy atom. The van der Waals surface area contributed by atoms with E-state index in [4.69, 9.17) is 10.2 Å². The van der Waals surface area contributed by atoms with Crippen LogP contribution in [0.3, 0.4) is 0 Å². The zero-order valence-corrected chi connectivity index (χ0v) is 18.5. The molecule has 0 bridgehead atoms. The van der Waals surface area contributed by atoms with E-state index < -0.39 is 0 Å². The van der Waals surface area contributed by atoms with Crippen molar-refractivity contribution >= 4 is 17.6 Å². The number of carbonyl (C=O) groups excluding carboxylic acids is 2. The number of nitrogens with zero attached hydrogens (tertiary/aromatic N) is 4. The number of nitrogen functional groups attached to an aromatic ring is 1. The first kappa shape index (κ1) is 23.0. The molecule has 0 saturated carbocycles. The number of hydrogen-bond donors (Lipinski definition) is 2. The Morgan fingerprint density at radius 1 is 1.24 bits per heavy atom. The molecule has 0 unspecified atom stereocenters. The summed E-state index contributed by atoms with van der Waals surface area (Å²) in [4.78, 5) is 26.6. The van der Waals surface area contributed by atoms with Gasteiger partial charge < -0.3 is 20.4 Å². The van der Waals surface area contributed by atoms with Crippen molar-refractivity contribution in [3.63, 3.8) is 0 Å². The number of piperidine rings is 1. The molecule has 3 heterocycles. The van der Waals surface area contributed by atoms with E-state index in [1.165, 1.54) is 35.2 Å². The highest BCUT2D eigenvalue weighted by Crippen LogP contribution is 2.22. The van der Waals surface area contributed by atoms with Crippen LogP contribution in [-0.2, 0) is 11.2 Å². The van der Waals surface area contributed by atoms with Crippen molar-refractivity contribution in [2.45, 2.75) is 25.7 Å². The van der Waals surface area contributed by atoms with Crippen LogP contribution >= 0.6 is 0 Å². The average Bonchev–Trinajstić information content (AvgIpc) is 3.50. The minimum Gasteiger partial charge on any atom is -0.459 e. The molecule has 0 aliphatic carbocycles. The van der Waals surface area contributed by atoms with Crippen LogP contribution in [0.5, 0.6) is 0 Å². The molecule has 0 atom stereocenters. The molecule has 9 nitrogen and oxygen atoms in total. The maximum atomic E-state index is 13.2. The number of nitriles is 1. The number of aromatic nitrogens is 2. The van der Waals surface area contributed by atoms with Crippen LogP contribution in [0.25, 0.3) is 5.69 Å². The smallest absolute Gasteiger partial charge is 0.289 e. The largest absolute Gasteiger partial charge is 0.459 e. The van der Waals surface area contributed by atoms with Crippen LogP contribution in [-0.4, -0.2) is 46.1 Å². The monoisotopic (exact) mass is 464 g/mol. The lowest BCUT2D eigenvalue weighted by molar-refractivity contribution is -0.126. The number of anilines is 1. The van der Waals surface area contributed by atoms with Gasteiger partial charge in [0.1, 0.15) is 23.3 Å². The molecule has 3 aromatic rings. The van der Waals surface area contributed by atoms with Crippen molar-refractivity contribution in [3.05, 3.63) is 65.5 Å². The second kappa shape index (κ2) is 10.2. The van der Waals surface area contributed by atoms with Gasteiger partial charge in [-0.1, -0.05) is 0 Å². The Hall–Kier alpha value is -4.13. The van der Waals surface area contributed by atoms with Gasteiger partial charge in [-0.25, -0.2) is 9.07 Å². The summed E-state index contributed by atoms with van der Waals surface area (Å²) in [6.07, 6.45) is 3.69. The number of furan rings is 1. The maximum Gasteiger partial charge on any atom is 0.289 e. The number of hydrogen-bond acceptors (Lipinski definition) is 6. The lowest BCUT2D eigenvalue weighted by Crippen LogP contribution is -2.43. The molecule has 2 aromatic heterocycles. The van der Waals surface area contributed by atoms with E-state index in [9.17, 15) is 19.2 Å². The number of nitrogens with two attached hydrogens (primary N) is 1. The average molecular weight is 465 g/mol. The molecule has 0 spiro atoms. The first-order valence-corrected chi connectivity index (χ1v) is 11.1. The molecule has 1 aliphatic rings. The van der Waals surface area contributed by atoms with Crippen molar-refractivity contribution in [3.8, 4) is 11.8 Å². The quantitative estimate of drug-likeness (QED) is 0.517. The summed E-state index contributed by atoms with van der Waals surface area (Å²) < 4.78 is 19.8. The van der Waals surface area contributed by atoms with Gasteiger partial charge in [-0.15, -0.1) is 0 Å². The van der Waals surface area contributed by atoms with Gasteiger partial charge >= 0.3 is 0 Å². The zero-order valence-electron chi connectivity index (χ0n) is 18.5. The topological polar surface area (TPSA) is 130 Å². The van der Waals surface area contributed by atoms with E-state index >= 15 is 0 Å². The molecule has 2 amide bonds. The van der Waals surface area contributed by atoms with Gasteiger partial charge in [0, 0.05) is 25.6 Å². The van der Waals surface area contributed by atoms with E-state index in [-0.39, 0.29) is 34.9 Å². The highest BCUT2D eigenvalue weighted by Gasteiger charge is 2.28. The Bertz CT molecular complexity index is 1190. The van der Waals surface area contributed by atoms with Crippen molar-refractivity contribution in [2.24, 2.45) is 5.92 Å². The Labute approximate surface area is 195 Å². The van der Waals surface area contributed by atoms with Gasteiger partial charge in [-0.05, 0) is 62.1 Å². The summed E-state index contributed by atoms with van der Waals surface area (Å²) in [5.41, 5.74) is 7.45. The van der Waals surface area contributed by atoms with E-state index in [2.05, 4.69) is 16.5 Å². The van der Waals surface area contributed by atoms with Crippen LogP contribution in [0.2, 0.25) is 0 Å². The number of halogens is 1. The van der Waals surface area contributed by atoms with Crippen LogP contribution in [0.1, 0.15) is 41.1 Å². The number of benzene rings is 1. The highest BCUT2D eigenvalue weighted by molar-refractivity contribution is 5.91. The zero-order chi connectivity index (χ0) is 24.1. The third-order valence-corrected chi connectivity index (χ3v) is 5.95. The number of aryl methyl sites for hydroxylation is 1. The molecule has 1 fully saturated rings. The molecule has 176 valence electrons. The SMILES string of the molecule is N#Cc1c(CCCNC(=O)C2CCN(C(=O)c3ccco3)CC2)nn(-c2ccc(F)cc2)c1N. The van der Waals surface area contributed by atoms with E-state index in [0.29, 0.717) is 62.5 Å². The minimum atomic E-state index is -0.374. The van der Waals surface area contributed by atoms with Crippen molar-refractivity contribution in [1.82, 2.24) is 20.0 Å². The summed E-state index contributed by atoms with van der Waals surface area (Å²) in [5.74, 6) is -0.214. The van der Waals surface area contributed by atoms with Crippen LogP contribution in [0.15, 0.2) is 47.1 Å². The molecule has 34 heavy (non-hydrogen) atoms. The van der Waals surface area contributed by atoms with Gasteiger partial charge in [0.25, 0.3) is 5.91 Å². The van der Waals surface area contributed by atoms with Crippen molar-refractivity contribution in [1.29, 1.82) is 5.26 Å². The van der Waals surface area contributed by atoms with Crippen LogP contribution < -0.4 is 11.1 Å². The fourth-order valence-corrected chi connectivity index (χ4v) is 4.07. The van der Waals surface area contributed by atoms with Gasteiger partial charge in [0.2, 0.25) is 5.91 Å². The molecular weight excluding hydrogens is 439 g/mol. The van der Waals surface area contributed by atoms with E-state index in [0.717, 1.165) is 0 Å². The van der Waals surface area contributed by atoms with Crippen LogP contribution in [0.4, 0.5) is 10.2 Å². The van der Waals surface area contributed by atoms with Crippen molar-refractivity contribution < 1.29 is 18.4 Å². The fourth-order valence-electron chi connectivity index (χ4n) is 4.07. The maximum absolute atomic E-state index is 13.2. The van der Waals surface area contributed by atoms with Crippen molar-refractivity contribution in [2.75, 3.05) is 25.4 Å². The third kappa shape index (κ3) is 4.93. The predicted molar refractivity (Wildman–Crippen MR) is 121 cm³/mol. The number of amides is 2. The molecule has 1 saturated heterocycles. The Kier molecular flexibility index (Phi) is 6.92. The fraction of sp³-hybridized carbons (Fsp3) is 0.333. The second-order valence-electron chi connectivity index (χ2n) is 8.15. The van der Waals surface area contributed by atoms with Gasteiger partial charge in [-0.2, -0.15) is 10.4 Å².